The zero-order chi connectivity index (χ0) is 8.55. The number of hydrogen-bond donors (Lipinski definition) is 1. The van der Waals surface area contributed by atoms with Gasteiger partial charge in [-0.1, -0.05) is 28.1 Å². The molecule has 0 saturated heterocycles. The minimum Gasteiger partial charge on any atom is -0.388 e. The van der Waals surface area contributed by atoms with Gasteiger partial charge in [-0.2, -0.15) is 0 Å². The minimum absolute atomic E-state index is 0.238. The molecule has 0 aromatic heterocycles. The Balaban J connectivity index is 2.16. The van der Waals surface area contributed by atoms with Crippen LogP contribution < -0.4 is 0 Å². The maximum Gasteiger partial charge on any atom is 0.0818 e. The van der Waals surface area contributed by atoms with E-state index in [2.05, 4.69) is 15.9 Å². The molecule has 0 unspecified atom stereocenters. The predicted molar refractivity (Wildman–Crippen MR) is 51.8 cm³/mol. The Bertz CT molecular complexity index is 264. The fourth-order valence-electron chi connectivity index (χ4n) is 1.34. The first-order valence-electron chi connectivity index (χ1n) is 4.21. The van der Waals surface area contributed by atoms with Crippen LogP contribution in [0.3, 0.4) is 0 Å². The fourth-order valence-corrected chi connectivity index (χ4v) is 1.61. The molecule has 0 aliphatic heterocycles. The van der Waals surface area contributed by atoms with Crippen LogP contribution in [-0.4, -0.2) is 5.11 Å². The summed E-state index contributed by atoms with van der Waals surface area (Å²) < 4.78 is 1.06. The highest BCUT2D eigenvalue weighted by atomic mass is 79.9. The molecule has 0 amide bonds. The van der Waals surface area contributed by atoms with E-state index in [0.717, 1.165) is 10.0 Å². The van der Waals surface area contributed by atoms with Gasteiger partial charge in [0, 0.05) is 4.47 Å². The largest absolute Gasteiger partial charge is 0.388 e. The van der Waals surface area contributed by atoms with Crippen LogP contribution in [0.25, 0.3) is 0 Å². The van der Waals surface area contributed by atoms with E-state index in [1.54, 1.807) is 0 Å². The van der Waals surface area contributed by atoms with Crippen molar-refractivity contribution < 1.29 is 5.11 Å². The molecule has 1 aliphatic rings. The lowest BCUT2D eigenvalue weighted by Crippen LogP contribution is -1.98. The quantitative estimate of drug-likeness (QED) is 0.823. The lowest BCUT2D eigenvalue weighted by Gasteiger charge is -2.08. The molecule has 0 heterocycles. The fraction of sp³-hybridized carbons (Fsp3) is 0.400. The number of aliphatic hydroxyl groups is 1. The van der Waals surface area contributed by atoms with E-state index in [1.807, 2.05) is 24.3 Å². The second kappa shape index (κ2) is 3.19. The van der Waals surface area contributed by atoms with Gasteiger partial charge in [-0.3, -0.25) is 0 Å². The topological polar surface area (TPSA) is 20.2 Å². The molecule has 2 rings (SSSR count). The smallest absolute Gasteiger partial charge is 0.0818 e. The average Bonchev–Trinajstić information content (AvgIpc) is 2.87. The van der Waals surface area contributed by atoms with Crippen molar-refractivity contribution in [2.75, 3.05) is 0 Å². The van der Waals surface area contributed by atoms with Gasteiger partial charge in [-0.05, 0) is 36.5 Å². The highest BCUT2D eigenvalue weighted by Gasteiger charge is 2.30. The summed E-state index contributed by atoms with van der Waals surface area (Å²) in [7, 11) is 0. The lowest BCUT2D eigenvalue weighted by atomic mass is 10.1. The molecular weight excluding hydrogens is 216 g/mol. The third kappa shape index (κ3) is 1.70. The molecule has 64 valence electrons. The first kappa shape index (κ1) is 8.27. The highest BCUT2D eigenvalue weighted by Crippen LogP contribution is 2.40. The maximum absolute atomic E-state index is 9.74. The molecule has 0 bridgehead atoms. The molecular formula is C10H11BrO. The van der Waals surface area contributed by atoms with Gasteiger partial charge in [-0.25, -0.2) is 0 Å². The van der Waals surface area contributed by atoms with Gasteiger partial charge < -0.3 is 5.11 Å². The van der Waals surface area contributed by atoms with Crippen LogP contribution >= 0.6 is 15.9 Å². The first-order valence-corrected chi connectivity index (χ1v) is 5.00. The number of hydrogen-bond acceptors (Lipinski definition) is 1. The van der Waals surface area contributed by atoms with Crippen molar-refractivity contribution in [1.29, 1.82) is 0 Å². The summed E-state index contributed by atoms with van der Waals surface area (Å²) in [6.45, 7) is 0. The Labute approximate surface area is 80.5 Å². The van der Waals surface area contributed by atoms with Crippen LogP contribution in [0.1, 0.15) is 24.5 Å². The summed E-state index contributed by atoms with van der Waals surface area (Å²) in [5.74, 6) is 0.520. The normalized spacial score (nSPS) is 19.2. The molecule has 1 saturated carbocycles. The number of rotatable bonds is 2. The van der Waals surface area contributed by atoms with Gasteiger partial charge in [-0.15, -0.1) is 0 Å². The standard InChI is InChI=1S/C10H11BrO/c11-9-5-3-8(4-6-9)10(12)7-1-2-7/h3-7,10,12H,1-2H2/t10-/m1/s1. The second-order valence-corrected chi connectivity index (χ2v) is 4.25. The Morgan fingerprint density at radius 3 is 2.33 bits per heavy atom. The van der Waals surface area contributed by atoms with Crippen molar-refractivity contribution in [2.24, 2.45) is 5.92 Å². The van der Waals surface area contributed by atoms with Gasteiger partial charge in [0.2, 0.25) is 0 Å². The summed E-state index contributed by atoms with van der Waals surface area (Å²) >= 11 is 3.37. The van der Waals surface area contributed by atoms with E-state index in [1.165, 1.54) is 12.8 Å². The zero-order valence-corrected chi connectivity index (χ0v) is 8.29. The van der Waals surface area contributed by atoms with E-state index in [4.69, 9.17) is 0 Å². The van der Waals surface area contributed by atoms with Gasteiger partial charge >= 0.3 is 0 Å². The Morgan fingerprint density at radius 1 is 1.25 bits per heavy atom. The molecule has 0 spiro atoms. The molecule has 1 atom stereocenters. The summed E-state index contributed by atoms with van der Waals surface area (Å²) in [5.41, 5.74) is 1.04. The third-order valence-corrected chi connectivity index (χ3v) is 2.81. The predicted octanol–water partition coefficient (Wildman–Crippen LogP) is 2.89. The van der Waals surface area contributed by atoms with Crippen LogP contribution in [-0.2, 0) is 0 Å². The molecule has 1 nitrogen and oxygen atoms in total. The van der Waals surface area contributed by atoms with Crippen molar-refractivity contribution in [3.63, 3.8) is 0 Å². The van der Waals surface area contributed by atoms with Crippen molar-refractivity contribution in [3.8, 4) is 0 Å². The van der Waals surface area contributed by atoms with Crippen molar-refractivity contribution in [1.82, 2.24) is 0 Å². The summed E-state index contributed by atoms with van der Waals surface area (Å²) in [5, 5.41) is 9.74. The van der Waals surface area contributed by atoms with Crippen LogP contribution in [0, 0.1) is 5.92 Å². The zero-order valence-electron chi connectivity index (χ0n) is 6.70. The van der Waals surface area contributed by atoms with Gasteiger partial charge in [0.15, 0.2) is 0 Å². The van der Waals surface area contributed by atoms with Crippen molar-refractivity contribution in [2.45, 2.75) is 18.9 Å². The van der Waals surface area contributed by atoms with E-state index >= 15 is 0 Å². The Kier molecular flexibility index (Phi) is 2.20. The maximum atomic E-state index is 9.74. The second-order valence-electron chi connectivity index (χ2n) is 3.33. The molecule has 12 heavy (non-hydrogen) atoms. The molecule has 1 aromatic carbocycles. The third-order valence-electron chi connectivity index (χ3n) is 2.28. The molecule has 1 aliphatic carbocycles. The van der Waals surface area contributed by atoms with Crippen LogP contribution in [0.2, 0.25) is 0 Å². The molecule has 1 N–H and O–H groups in total. The summed E-state index contributed by atoms with van der Waals surface area (Å²) in [6.07, 6.45) is 2.12. The van der Waals surface area contributed by atoms with Crippen LogP contribution in [0.5, 0.6) is 0 Å². The Morgan fingerprint density at radius 2 is 1.83 bits per heavy atom. The van der Waals surface area contributed by atoms with Crippen molar-refractivity contribution in [3.05, 3.63) is 34.3 Å². The molecule has 2 heteroatoms. The number of halogens is 1. The number of benzene rings is 1. The van der Waals surface area contributed by atoms with Gasteiger partial charge in [0.25, 0.3) is 0 Å². The summed E-state index contributed by atoms with van der Waals surface area (Å²) in [4.78, 5) is 0. The van der Waals surface area contributed by atoms with E-state index in [9.17, 15) is 5.11 Å². The number of aliphatic hydroxyl groups excluding tert-OH is 1. The van der Waals surface area contributed by atoms with Crippen LogP contribution in [0.15, 0.2) is 28.7 Å². The summed E-state index contributed by atoms with van der Waals surface area (Å²) in [6, 6.07) is 7.90. The van der Waals surface area contributed by atoms with Gasteiger partial charge in [0.1, 0.15) is 0 Å². The molecule has 1 aromatic rings. The SMILES string of the molecule is O[C@@H](c1ccc(Br)cc1)C1CC1. The Hall–Kier alpha value is -0.340. The van der Waals surface area contributed by atoms with E-state index in [-0.39, 0.29) is 6.10 Å². The van der Waals surface area contributed by atoms with Gasteiger partial charge in [0.05, 0.1) is 6.10 Å². The molecule has 1 fully saturated rings. The van der Waals surface area contributed by atoms with E-state index in [0.29, 0.717) is 5.92 Å². The minimum atomic E-state index is -0.238. The highest BCUT2D eigenvalue weighted by molar-refractivity contribution is 9.10. The monoisotopic (exact) mass is 226 g/mol. The first-order chi connectivity index (χ1) is 5.77. The lowest BCUT2D eigenvalue weighted by molar-refractivity contribution is 0.154. The van der Waals surface area contributed by atoms with E-state index < -0.39 is 0 Å². The van der Waals surface area contributed by atoms with Crippen LogP contribution in [0.4, 0.5) is 0 Å². The average molecular weight is 227 g/mol. The molecule has 0 radical (unpaired) electrons. The van der Waals surface area contributed by atoms with Crippen molar-refractivity contribution >= 4 is 15.9 Å².